The average molecular weight is 229 g/mol. The van der Waals surface area contributed by atoms with Crippen LogP contribution in [0.3, 0.4) is 0 Å². The fourth-order valence-corrected chi connectivity index (χ4v) is 1.77. The highest BCUT2D eigenvalue weighted by atomic mass is 19.1. The molecule has 0 aliphatic carbocycles. The maximum Gasteiger partial charge on any atom is 0.248 e. The number of benzene rings is 2. The summed E-state index contributed by atoms with van der Waals surface area (Å²) in [7, 11) is 0. The molecule has 0 spiro atoms. The van der Waals surface area contributed by atoms with E-state index in [4.69, 9.17) is 5.73 Å². The van der Waals surface area contributed by atoms with Crippen LogP contribution in [0.1, 0.15) is 15.9 Å². The molecule has 0 bridgehead atoms. The molecule has 0 aliphatic heterocycles. The van der Waals surface area contributed by atoms with Gasteiger partial charge < -0.3 is 5.73 Å². The lowest BCUT2D eigenvalue weighted by molar-refractivity contribution is 0.1000. The van der Waals surface area contributed by atoms with Crippen LogP contribution in [0.4, 0.5) is 4.39 Å². The highest BCUT2D eigenvalue weighted by molar-refractivity contribution is 5.93. The Morgan fingerprint density at radius 2 is 1.76 bits per heavy atom. The SMILES string of the molecule is Cc1cc(C(N)=O)ccc1-c1ccc(F)cc1. The van der Waals surface area contributed by atoms with E-state index in [1.54, 1.807) is 24.3 Å². The number of hydrogen-bond donors (Lipinski definition) is 1. The molecule has 0 unspecified atom stereocenters. The summed E-state index contributed by atoms with van der Waals surface area (Å²) < 4.78 is 12.8. The van der Waals surface area contributed by atoms with Gasteiger partial charge in [-0.1, -0.05) is 18.2 Å². The van der Waals surface area contributed by atoms with E-state index in [0.717, 1.165) is 16.7 Å². The maximum atomic E-state index is 12.8. The van der Waals surface area contributed by atoms with Gasteiger partial charge in [0, 0.05) is 5.56 Å². The summed E-state index contributed by atoms with van der Waals surface area (Å²) in [5, 5.41) is 0. The third kappa shape index (κ3) is 2.33. The summed E-state index contributed by atoms with van der Waals surface area (Å²) >= 11 is 0. The van der Waals surface area contributed by atoms with Crippen molar-refractivity contribution in [2.45, 2.75) is 6.92 Å². The van der Waals surface area contributed by atoms with E-state index in [0.29, 0.717) is 5.56 Å². The van der Waals surface area contributed by atoms with Crippen molar-refractivity contribution in [2.24, 2.45) is 5.73 Å². The largest absolute Gasteiger partial charge is 0.366 e. The Labute approximate surface area is 98.9 Å². The fourth-order valence-electron chi connectivity index (χ4n) is 1.77. The van der Waals surface area contributed by atoms with Crippen molar-refractivity contribution in [3.63, 3.8) is 0 Å². The molecule has 86 valence electrons. The Morgan fingerprint density at radius 3 is 2.29 bits per heavy atom. The number of carbonyl (C=O) groups is 1. The lowest BCUT2D eigenvalue weighted by Crippen LogP contribution is -2.10. The van der Waals surface area contributed by atoms with Gasteiger partial charge in [-0.15, -0.1) is 0 Å². The van der Waals surface area contributed by atoms with Crippen LogP contribution in [0.25, 0.3) is 11.1 Å². The minimum absolute atomic E-state index is 0.264. The smallest absolute Gasteiger partial charge is 0.248 e. The number of carbonyl (C=O) groups excluding carboxylic acids is 1. The Morgan fingerprint density at radius 1 is 1.12 bits per heavy atom. The summed E-state index contributed by atoms with van der Waals surface area (Å²) in [6, 6.07) is 11.5. The topological polar surface area (TPSA) is 43.1 Å². The van der Waals surface area contributed by atoms with Crippen molar-refractivity contribution in [1.82, 2.24) is 0 Å². The predicted octanol–water partition coefficient (Wildman–Crippen LogP) is 2.90. The van der Waals surface area contributed by atoms with Gasteiger partial charge in [-0.2, -0.15) is 0 Å². The highest BCUT2D eigenvalue weighted by Crippen LogP contribution is 2.24. The first kappa shape index (κ1) is 11.3. The van der Waals surface area contributed by atoms with Crippen LogP contribution in [0, 0.1) is 12.7 Å². The molecule has 2 aromatic rings. The number of rotatable bonds is 2. The zero-order valence-electron chi connectivity index (χ0n) is 9.41. The van der Waals surface area contributed by atoms with E-state index in [2.05, 4.69) is 0 Å². The first-order chi connectivity index (χ1) is 8.08. The molecular weight excluding hydrogens is 217 g/mol. The third-order valence-corrected chi connectivity index (χ3v) is 2.67. The number of aryl methyl sites for hydroxylation is 1. The highest BCUT2D eigenvalue weighted by Gasteiger charge is 2.05. The molecule has 0 heterocycles. The second kappa shape index (κ2) is 4.37. The lowest BCUT2D eigenvalue weighted by atomic mass is 9.98. The number of hydrogen-bond acceptors (Lipinski definition) is 1. The quantitative estimate of drug-likeness (QED) is 0.845. The molecule has 0 atom stereocenters. The molecule has 2 nitrogen and oxygen atoms in total. The van der Waals surface area contributed by atoms with Crippen molar-refractivity contribution in [3.05, 3.63) is 59.4 Å². The van der Waals surface area contributed by atoms with Gasteiger partial charge in [0.15, 0.2) is 0 Å². The molecule has 2 N–H and O–H groups in total. The Balaban J connectivity index is 2.46. The van der Waals surface area contributed by atoms with Gasteiger partial charge >= 0.3 is 0 Å². The Bertz CT molecular complexity index is 561. The molecule has 1 amide bonds. The minimum Gasteiger partial charge on any atom is -0.366 e. The fraction of sp³-hybridized carbons (Fsp3) is 0.0714. The molecule has 0 radical (unpaired) electrons. The molecule has 0 aromatic heterocycles. The Hall–Kier alpha value is -2.16. The zero-order valence-corrected chi connectivity index (χ0v) is 9.41. The van der Waals surface area contributed by atoms with E-state index in [1.165, 1.54) is 12.1 Å². The first-order valence-corrected chi connectivity index (χ1v) is 5.24. The molecular formula is C14H12FNO. The standard InChI is InChI=1S/C14H12FNO/c1-9-8-11(14(16)17)4-7-13(9)10-2-5-12(15)6-3-10/h2-8H,1H3,(H2,16,17). The molecule has 2 rings (SSSR count). The summed E-state index contributed by atoms with van der Waals surface area (Å²) in [4.78, 5) is 11.0. The van der Waals surface area contributed by atoms with Gasteiger partial charge in [0.2, 0.25) is 5.91 Å². The van der Waals surface area contributed by atoms with Crippen LogP contribution in [-0.4, -0.2) is 5.91 Å². The van der Waals surface area contributed by atoms with Gasteiger partial charge in [-0.05, 0) is 47.9 Å². The molecule has 17 heavy (non-hydrogen) atoms. The van der Waals surface area contributed by atoms with Crippen molar-refractivity contribution < 1.29 is 9.18 Å². The summed E-state index contributed by atoms with van der Waals surface area (Å²) in [5.74, 6) is -0.709. The minimum atomic E-state index is -0.446. The first-order valence-electron chi connectivity index (χ1n) is 5.24. The second-order valence-electron chi connectivity index (χ2n) is 3.90. The molecule has 0 saturated heterocycles. The Kier molecular flexibility index (Phi) is 2.91. The van der Waals surface area contributed by atoms with Gasteiger partial charge in [-0.25, -0.2) is 4.39 Å². The molecule has 0 aliphatic rings. The van der Waals surface area contributed by atoms with Crippen molar-refractivity contribution in [3.8, 4) is 11.1 Å². The van der Waals surface area contributed by atoms with Gasteiger partial charge in [0.1, 0.15) is 5.82 Å². The molecule has 2 aromatic carbocycles. The van der Waals surface area contributed by atoms with E-state index >= 15 is 0 Å². The van der Waals surface area contributed by atoms with Gasteiger partial charge in [0.25, 0.3) is 0 Å². The zero-order chi connectivity index (χ0) is 12.4. The summed E-state index contributed by atoms with van der Waals surface area (Å²) in [6.45, 7) is 1.89. The molecule has 3 heteroatoms. The van der Waals surface area contributed by atoms with E-state index in [-0.39, 0.29) is 5.82 Å². The van der Waals surface area contributed by atoms with Crippen LogP contribution in [0.15, 0.2) is 42.5 Å². The number of amides is 1. The lowest BCUT2D eigenvalue weighted by Gasteiger charge is -2.07. The van der Waals surface area contributed by atoms with Crippen LogP contribution >= 0.6 is 0 Å². The van der Waals surface area contributed by atoms with Crippen molar-refractivity contribution in [1.29, 1.82) is 0 Å². The summed E-state index contributed by atoms with van der Waals surface area (Å²) in [6.07, 6.45) is 0. The van der Waals surface area contributed by atoms with Crippen LogP contribution < -0.4 is 5.73 Å². The second-order valence-corrected chi connectivity index (χ2v) is 3.90. The van der Waals surface area contributed by atoms with Gasteiger partial charge in [-0.3, -0.25) is 4.79 Å². The number of primary amides is 1. The van der Waals surface area contributed by atoms with E-state index in [1.807, 2.05) is 13.0 Å². The van der Waals surface area contributed by atoms with Gasteiger partial charge in [0.05, 0.1) is 0 Å². The van der Waals surface area contributed by atoms with E-state index in [9.17, 15) is 9.18 Å². The molecule has 0 saturated carbocycles. The van der Waals surface area contributed by atoms with E-state index < -0.39 is 5.91 Å². The van der Waals surface area contributed by atoms with Crippen LogP contribution in [-0.2, 0) is 0 Å². The van der Waals surface area contributed by atoms with Crippen molar-refractivity contribution in [2.75, 3.05) is 0 Å². The molecule has 0 fully saturated rings. The number of halogens is 1. The summed E-state index contributed by atoms with van der Waals surface area (Å²) in [5.41, 5.74) is 8.50. The van der Waals surface area contributed by atoms with Crippen LogP contribution in [0.5, 0.6) is 0 Å². The van der Waals surface area contributed by atoms with Crippen LogP contribution in [0.2, 0.25) is 0 Å². The number of nitrogens with two attached hydrogens (primary N) is 1. The van der Waals surface area contributed by atoms with Crippen molar-refractivity contribution >= 4 is 5.91 Å². The normalized spacial score (nSPS) is 10.2. The third-order valence-electron chi connectivity index (χ3n) is 2.67. The predicted molar refractivity (Wildman–Crippen MR) is 65.1 cm³/mol. The average Bonchev–Trinajstić information content (AvgIpc) is 2.30. The maximum absolute atomic E-state index is 12.8. The monoisotopic (exact) mass is 229 g/mol.